The first-order chi connectivity index (χ1) is 15.9. The smallest absolute Gasteiger partial charge is 0.324 e. The summed E-state index contributed by atoms with van der Waals surface area (Å²) in [6, 6.07) is 13.7. The molecule has 2 amide bonds. The molecule has 178 valence electrons. The Hall–Kier alpha value is -2.44. The van der Waals surface area contributed by atoms with E-state index in [1.54, 1.807) is 24.1 Å². The normalized spacial score (nSPS) is 20.1. The van der Waals surface area contributed by atoms with Crippen molar-refractivity contribution < 1.29 is 18.7 Å². The van der Waals surface area contributed by atoms with E-state index in [1.807, 2.05) is 24.1 Å². The second-order valence-corrected chi connectivity index (χ2v) is 9.35. The van der Waals surface area contributed by atoms with Crippen LogP contribution in [0.5, 0.6) is 0 Å². The van der Waals surface area contributed by atoms with Gasteiger partial charge in [0.15, 0.2) is 0 Å². The molecule has 1 unspecified atom stereocenters. The van der Waals surface area contributed by atoms with E-state index in [0.29, 0.717) is 19.3 Å². The molecule has 2 aromatic carbocycles. The van der Waals surface area contributed by atoms with Gasteiger partial charge >= 0.3 is 6.03 Å². The number of methoxy groups -OCH3 is 1. The lowest BCUT2D eigenvalue weighted by Crippen LogP contribution is -2.42. The Morgan fingerprint density at radius 3 is 2.48 bits per heavy atom. The minimum absolute atomic E-state index is 0.0558. The molecule has 2 fully saturated rings. The summed E-state index contributed by atoms with van der Waals surface area (Å²) in [5.74, 6) is -0.225. The van der Waals surface area contributed by atoms with Gasteiger partial charge in [-0.05, 0) is 73.6 Å². The highest BCUT2D eigenvalue weighted by Gasteiger charge is 2.35. The zero-order valence-corrected chi connectivity index (χ0v) is 20.0. The maximum absolute atomic E-state index is 14.5. The molecule has 4 rings (SSSR count). The summed E-state index contributed by atoms with van der Waals surface area (Å²) in [7, 11) is 3.53. The summed E-state index contributed by atoms with van der Waals surface area (Å²) in [5, 5.41) is 0. The molecule has 0 spiro atoms. The van der Waals surface area contributed by atoms with E-state index in [0.717, 1.165) is 67.4 Å². The van der Waals surface area contributed by atoms with Gasteiger partial charge in [-0.2, -0.15) is 0 Å². The second-order valence-electron chi connectivity index (χ2n) is 9.35. The summed E-state index contributed by atoms with van der Waals surface area (Å²) in [6.45, 7) is 4.19. The van der Waals surface area contributed by atoms with Crippen LogP contribution in [0.3, 0.4) is 0 Å². The second kappa shape index (κ2) is 10.2. The van der Waals surface area contributed by atoms with E-state index < -0.39 is 5.60 Å². The maximum Gasteiger partial charge on any atom is 0.324 e. The fourth-order valence-corrected chi connectivity index (χ4v) is 5.07. The SMILES string of the molecule is COC1(c2cc(F)cc(CCc3ccc(N(C)C(=O)N4CCCC4C)cc3)c2)CCOCC1. The fraction of sp³-hybridized carbons (Fsp3) is 0.519. The van der Waals surface area contributed by atoms with Crippen LogP contribution < -0.4 is 4.90 Å². The van der Waals surface area contributed by atoms with Crippen molar-refractivity contribution in [3.05, 3.63) is 65.0 Å². The zero-order valence-electron chi connectivity index (χ0n) is 20.0. The van der Waals surface area contributed by atoms with Gasteiger partial charge in [0.05, 0.1) is 5.60 Å². The van der Waals surface area contributed by atoms with Crippen LogP contribution in [0.15, 0.2) is 42.5 Å². The van der Waals surface area contributed by atoms with Crippen molar-refractivity contribution in [3.8, 4) is 0 Å². The van der Waals surface area contributed by atoms with Crippen LogP contribution in [0.4, 0.5) is 14.9 Å². The Morgan fingerprint density at radius 2 is 1.85 bits per heavy atom. The number of hydrogen-bond donors (Lipinski definition) is 0. The van der Waals surface area contributed by atoms with E-state index in [2.05, 4.69) is 25.1 Å². The Balaban J connectivity index is 1.41. The summed E-state index contributed by atoms with van der Waals surface area (Å²) in [6.07, 6.45) is 5.14. The molecule has 0 N–H and O–H groups in total. The predicted molar refractivity (Wildman–Crippen MR) is 128 cm³/mol. The van der Waals surface area contributed by atoms with Crippen LogP contribution in [0.1, 0.15) is 49.3 Å². The van der Waals surface area contributed by atoms with Gasteiger partial charge in [-0.3, -0.25) is 4.90 Å². The van der Waals surface area contributed by atoms with Crippen molar-refractivity contribution in [1.82, 2.24) is 4.90 Å². The van der Waals surface area contributed by atoms with Gasteiger partial charge in [0.25, 0.3) is 0 Å². The molecule has 2 aliphatic rings. The number of hydrogen-bond acceptors (Lipinski definition) is 3. The number of anilines is 1. The van der Waals surface area contributed by atoms with Gasteiger partial charge in [0.1, 0.15) is 5.82 Å². The standard InChI is InChI=1S/C27H35FN2O3/c1-20-5-4-14-30(20)26(31)29(2)25-10-8-21(9-11-25)6-7-22-17-23(19-24(28)18-22)27(32-3)12-15-33-16-13-27/h8-11,17-20H,4-7,12-16H2,1-3H3. The molecule has 5 nitrogen and oxygen atoms in total. The Bertz CT molecular complexity index is 956. The lowest BCUT2D eigenvalue weighted by Gasteiger charge is -2.36. The highest BCUT2D eigenvalue weighted by atomic mass is 19.1. The molecule has 0 radical (unpaired) electrons. The number of aryl methyl sites for hydroxylation is 2. The number of carbonyl (C=O) groups is 1. The summed E-state index contributed by atoms with van der Waals surface area (Å²) in [4.78, 5) is 16.5. The number of rotatable bonds is 6. The van der Waals surface area contributed by atoms with Crippen LogP contribution in [-0.4, -0.2) is 50.9 Å². The van der Waals surface area contributed by atoms with E-state index in [-0.39, 0.29) is 11.8 Å². The third-order valence-corrected chi connectivity index (χ3v) is 7.29. The van der Waals surface area contributed by atoms with Gasteiger partial charge in [-0.1, -0.05) is 18.2 Å². The number of ether oxygens (including phenoxy) is 2. The molecule has 0 saturated carbocycles. The minimum Gasteiger partial charge on any atom is -0.381 e. The maximum atomic E-state index is 14.5. The Kier molecular flexibility index (Phi) is 7.35. The molecule has 0 aromatic heterocycles. The van der Waals surface area contributed by atoms with Crippen molar-refractivity contribution in [2.75, 3.05) is 38.8 Å². The largest absolute Gasteiger partial charge is 0.381 e. The third-order valence-electron chi connectivity index (χ3n) is 7.29. The summed E-state index contributed by atoms with van der Waals surface area (Å²) < 4.78 is 25.8. The van der Waals surface area contributed by atoms with E-state index >= 15 is 0 Å². The van der Waals surface area contributed by atoms with Crippen LogP contribution >= 0.6 is 0 Å². The van der Waals surface area contributed by atoms with E-state index in [4.69, 9.17) is 9.47 Å². The van der Waals surface area contributed by atoms with Crippen LogP contribution in [-0.2, 0) is 27.9 Å². The first kappa shape index (κ1) is 23.7. The lowest BCUT2D eigenvalue weighted by molar-refractivity contribution is -0.0949. The molecular formula is C27H35FN2O3. The van der Waals surface area contributed by atoms with Gasteiger partial charge in [0.2, 0.25) is 0 Å². The van der Waals surface area contributed by atoms with Crippen molar-refractivity contribution in [1.29, 1.82) is 0 Å². The van der Waals surface area contributed by atoms with Crippen LogP contribution in [0.25, 0.3) is 0 Å². The minimum atomic E-state index is -0.472. The molecule has 0 bridgehead atoms. The van der Waals surface area contributed by atoms with Gasteiger partial charge in [-0.15, -0.1) is 0 Å². The monoisotopic (exact) mass is 454 g/mol. The molecule has 2 aliphatic heterocycles. The first-order valence-corrected chi connectivity index (χ1v) is 12.0. The fourth-order valence-electron chi connectivity index (χ4n) is 5.07. The van der Waals surface area contributed by atoms with Crippen molar-refractivity contribution >= 4 is 11.7 Å². The average molecular weight is 455 g/mol. The average Bonchev–Trinajstić information content (AvgIpc) is 3.28. The predicted octanol–water partition coefficient (Wildman–Crippen LogP) is 5.30. The lowest BCUT2D eigenvalue weighted by atomic mass is 9.84. The highest BCUT2D eigenvalue weighted by molar-refractivity contribution is 5.91. The Labute approximate surface area is 196 Å². The number of benzene rings is 2. The highest BCUT2D eigenvalue weighted by Crippen LogP contribution is 2.36. The van der Waals surface area contributed by atoms with E-state index in [1.165, 1.54) is 0 Å². The number of urea groups is 1. The van der Waals surface area contributed by atoms with Crippen LogP contribution in [0.2, 0.25) is 0 Å². The Morgan fingerprint density at radius 1 is 1.15 bits per heavy atom. The molecular weight excluding hydrogens is 419 g/mol. The molecule has 1 atom stereocenters. The van der Waals surface area contributed by atoms with Crippen molar-refractivity contribution in [2.24, 2.45) is 0 Å². The van der Waals surface area contributed by atoms with Crippen molar-refractivity contribution in [2.45, 2.75) is 57.1 Å². The molecule has 33 heavy (non-hydrogen) atoms. The topological polar surface area (TPSA) is 42.0 Å². The number of nitrogens with zero attached hydrogens (tertiary/aromatic N) is 2. The number of halogens is 1. The van der Waals surface area contributed by atoms with E-state index in [9.17, 15) is 9.18 Å². The summed E-state index contributed by atoms with van der Waals surface area (Å²) in [5.41, 5.74) is 3.44. The first-order valence-electron chi connectivity index (χ1n) is 12.0. The molecule has 0 aliphatic carbocycles. The number of amides is 2. The third kappa shape index (κ3) is 5.22. The molecule has 6 heteroatoms. The zero-order chi connectivity index (χ0) is 23.4. The molecule has 2 aromatic rings. The number of carbonyl (C=O) groups excluding carboxylic acids is 1. The van der Waals surface area contributed by atoms with Gasteiger partial charge in [-0.25, -0.2) is 9.18 Å². The van der Waals surface area contributed by atoms with Crippen LogP contribution in [0, 0.1) is 5.82 Å². The van der Waals surface area contributed by atoms with Gasteiger partial charge in [0, 0.05) is 58.5 Å². The molecule has 2 heterocycles. The quantitative estimate of drug-likeness (QED) is 0.595. The van der Waals surface area contributed by atoms with Gasteiger partial charge < -0.3 is 14.4 Å². The number of likely N-dealkylation sites (tertiary alicyclic amines) is 1. The summed E-state index contributed by atoms with van der Waals surface area (Å²) >= 11 is 0. The van der Waals surface area contributed by atoms with Crippen molar-refractivity contribution in [3.63, 3.8) is 0 Å². The molecule has 2 saturated heterocycles.